The fourth-order valence-electron chi connectivity index (χ4n) is 3.83. The van der Waals surface area contributed by atoms with Gasteiger partial charge in [0.05, 0.1) is 0 Å². The van der Waals surface area contributed by atoms with E-state index in [0.29, 0.717) is 6.04 Å². The van der Waals surface area contributed by atoms with Crippen molar-refractivity contribution in [2.24, 2.45) is 0 Å². The van der Waals surface area contributed by atoms with Crippen LogP contribution in [0.1, 0.15) is 80.6 Å². The van der Waals surface area contributed by atoms with E-state index < -0.39 is 21.4 Å². The maximum absolute atomic E-state index is 2.70. The van der Waals surface area contributed by atoms with Crippen LogP contribution in [0.3, 0.4) is 0 Å². The third-order valence-corrected chi connectivity index (χ3v) is 17.3. The van der Waals surface area contributed by atoms with E-state index >= 15 is 0 Å². The topological polar surface area (TPSA) is 6.48 Å². The molecule has 0 aliphatic rings. The van der Waals surface area contributed by atoms with Crippen LogP contribution in [0.4, 0.5) is 0 Å². The molecule has 0 aliphatic carbocycles. The molecular formula is C21H47InN2. The molecule has 0 rings (SSSR count). The molecule has 0 aromatic rings. The van der Waals surface area contributed by atoms with Gasteiger partial charge in [-0.2, -0.15) is 0 Å². The normalized spacial score (nSPS) is 12.1. The predicted molar refractivity (Wildman–Crippen MR) is 114 cm³/mol. The summed E-state index contributed by atoms with van der Waals surface area (Å²) in [6.07, 6.45) is 6.84. The summed E-state index contributed by atoms with van der Waals surface area (Å²) in [6.45, 7) is 23.3. The van der Waals surface area contributed by atoms with Crippen molar-refractivity contribution in [1.29, 1.82) is 0 Å². The number of nitrogens with zero attached hydrogens (tertiary/aromatic N) is 2. The zero-order valence-corrected chi connectivity index (χ0v) is 21.4. The summed E-state index contributed by atoms with van der Waals surface area (Å²) in [5.41, 5.74) is 0. The van der Waals surface area contributed by atoms with Gasteiger partial charge in [-0.1, -0.05) is 0 Å². The first-order valence-electron chi connectivity index (χ1n) is 10.9. The molecule has 0 saturated carbocycles. The number of hydrogen-bond acceptors (Lipinski definition) is 2. The predicted octanol–water partition coefficient (Wildman–Crippen LogP) is 5.91. The standard InChI is InChI=1S/2C9H20N.C3H7.In/c1-5-7-10(8-6-2)9(3)4;1-4-7-10(8-5-2)9-6-3;1-3-2;/h9H,1,5-8H2,2-4H3;1,4-9H2,2-3H3;3H,1-2H3;. The van der Waals surface area contributed by atoms with Crippen molar-refractivity contribution in [3.8, 4) is 0 Å². The SMILES string of the molecule is CCCN(CCC)CC[CH2][In]([CH2]CCN(CCC)C(C)C)[CH](C)C. The van der Waals surface area contributed by atoms with Gasteiger partial charge in [-0.15, -0.1) is 0 Å². The van der Waals surface area contributed by atoms with Crippen LogP contribution in [0.5, 0.6) is 0 Å². The molecule has 0 radical (unpaired) electrons. The Kier molecular flexibility index (Phi) is 16.5. The Labute approximate surface area is 162 Å². The van der Waals surface area contributed by atoms with E-state index in [0.717, 1.165) is 3.67 Å². The zero-order valence-electron chi connectivity index (χ0n) is 18.1. The molecule has 0 saturated heterocycles. The average Bonchev–Trinajstić information content (AvgIpc) is 2.52. The second-order valence-corrected chi connectivity index (χ2v) is 19.7. The average molecular weight is 442 g/mol. The van der Waals surface area contributed by atoms with Crippen molar-refractivity contribution >= 4 is 21.4 Å². The summed E-state index contributed by atoms with van der Waals surface area (Å²) in [5, 5.41) is 0. The van der Waals surface area contributed by atoms with Crippen molar-refractivity contribution in [3.63, 3.8) is 0 Å². The van der Waals surface area contributed by atoms with Crippen molar-refractivity contribution < 1.29 is 0 Å². The molecule has 0 unspecified atom stereocenters. The fourth-order valence-corrected chi connectivity index (χ4v) is 12.5. The molecule has 0 fully saturated rings. The molecule has 0 atom stereocenters. The van der Waals surface area contributed by atoms with Crippen LogP contribution in [0.2, 0.25) is 12.0 Å². The summed E-state index contributed by atoms with van der Waals surface area (Å²) < 4.78 is 4.28. The Morgan fingerprint density at radius 3 is 1.58 bits per heavy atom. The van der Waals surface area contributed by atoms with Gasteiger partial charge in [0.2, 0.25) is 0 Å². The van der Waals surface area contributed by atoms with Gasteiger partial charge >= 0.3 is 163 Å². The minimum atomic E-state index is -1.33. The van der Waals surface area contributed by atoms with E-state index in [-0.39, 0.29) is 0 Å². The first-order valence-corrected chi connectivity index (χ1v) is 17.5. The third kappa shape index (κ3) is 12.2. The van der Waals surface area contributed by atoms with E-state index in [4.69, 9.17) is 0 Å². The van der Waals surface area contributed by atoms with Crippen LogP contribution in [-0.4, -0.2) is 70.0 Å². The summed E-state index contributed by atoms with van der Waals surface area (Å²) in [7, 11) is 0. The Hall–Kier alpha value is 0.790. The van der Waals surface area contributed by atoms with E-state index in [2.05, 4.69) is 58.3 Å². The summed E-state index contributed by atoms with van der Waals surface area (Å²) in [6, 6.07) is 0.717. The second kappa shape index (κ2) is 16.0. The Bertz CT molecular complexity index is 263. The summed E-state index contributed by atoms with van der Waals surface area (Å²) in [5.74, 6) is 0. The Balaban J connectivity index is 4.16. The monoisotopic (exact) mass is 442 g/mol. The molecule has 0 bridgehead atoms. The van der Waals surface area contributed by atoms with Gasteiger partial charge in [0.1, 0.15) is 0 Å². The van der Waals surface area contributed by atoms with Crippen LogP contribution in [-0.2, 0) is 0 Å². The molecule has 144 valence electrons. The van der Waals surface area contributed by atoms with E-state index in [1.807, 2.05) is 0 Å². The molecule has 0 aromatic carbocycles. The van der Waals surface area contributed by atoms with Crippen LogP contribution in [0.25, 0.3) is 0 Å². The molecule has 3 heteroatoms. The molecule has 0 spiro atoms. The van der Waals surface area contributed by atoms with Crippen molar-refractivity contribution in [2.75, 3.05) is 32.7 Å². The van der Waals surface area contributed by atoms with Gasteiger partial charge < -0.3 is 0 Å². The van der Waals surface area contributed by atoms with Crippen LogP contribution < -0.4 is 0 Å². The molecule has 0 aliphatic heterocycles. The molecule has 24 heavy (non-hydrogen) atoms. The van der Waals surface area contributed by atoms with E-state index in [1.165, 1.54) is 64.8 Å². The molecule has 0 amide bonds. The van der Waals surface area contributed by atoms with Crippen molar-refractivity contribution in [2.45, 2.75) is 98.6 Å². The molecule has 2 nitrogen and oxygen atoms in total. The maximum atomic E-state index is 2.70. The van der Waals surface area contributed by atoms with Crippen LogP contribution >= 0.6 is 0 Å². The summed E-state index contributed by atoms with van der Waals surface area (Å²) in [4.78, 5) is 5.39. The third-order valence-electron chi connectivity index (χ3n) is 5.33. The van der Waals surface area contributed by atoms with Gasteiger partial charge in [0, 0.05) is 0 Å². The number of rotatable bonds is 16. The van der Waals surface area contributed by atoms with Gasteiger partial charge in [0.15, 0.2) is 0 Å². The van der Waals surface area contributed by atoms with Crippen molar-refractivity contribution in [1.82, 2.24) is 9.80 Å². The zero-order chi connectivity index (χ0) is 18.4. The summed E-state index contributed by atoms with van der Waals surface area (Å²) >= 11 is -1.33. The molecule has 0 aromatic heterocycles. The Morgan fingerprint density at radius 2 is 1.17 bits per heavy atom. The molecular weight excluding hydrogens is 395 g/mol. The molecule has 0 N–H and O–H groups in total. The van der Waals surface area contributed by atoms with Crippen LogP contribution in [0.15, 0.2) is 0 Å². The van der Waals surface area contributed by atoms with Crippen molar-refractivity contribution in [3.05, 3.63) is 0 Å². The second-order valence-electron chi connectivity index (χ2n) is 8.26. The number of hydrogen-bond donors (Lipinski definition) is 0. The van der Waals surface area contributed by atoms with Crippen LogP contribution in [0, 0.1) is 0 Å². The van der Waals surface area contributed by atoms with Gasteiger partial charge in [-0.25, -0.2) is 0 Å². The van der Waals surface area contributed by atoms with Gasteiger partial charge in [0.25, 0.3) is 0 Å². The Morgan fingerprint density at radius 1 is 0.667 bits per heavy atom. The first-order chi connectivity index (χ1) is 11.5. The first kappa shape index (κ1) is 24.8. The fraction of sp³-hybridized carbons (Fsp3) is 1.00. The van der Waals surface area contributed by atoms with E-state index in [9.17, 15) is 0 Å². The quantitative estimate of drug-likeness (QED) is 0.293. The molecule has 0 heterocycles. The van der Waals surface area contributed by atoms with Gasteiger partial charge in [-0.05, 0) is 0 Å². The minimum absolute atomic E-state index is 0.717. The van der Waals surface area contributed by atoms with E-state index in [1.54, 1.807) is 8.35 Å². The van der Waals surface area contributed by atoms with Gasteiger partial charge in [-0.3, -0.25) is 0 Å².